The van der Waals surface area contributed by atoms with E-state index in [0.717, 1.165) is 21.9 Å². The third kappa shape index (κ3) is 10.4. The Bertz CT molecular complexity index is 4250. The van der Waals surface area contributed by atoms with Gasteiger partial charge in [-0.05, 0) is 75.8 Å². The predicted octanol–water partition coefficient (Wildman–Crippen LogP) is 9.10. The molecule has 1 aromatic heterocycles. The molecule has 8 aliphatic heterocycles. The lowest BCUT2D eigenvalue weighted by Gasteiger charge is -2.53. The zero-order valence-electron chi connectivity index (χ0n) is 51.7. The number of nitrogens with zero attached hydrogens (tertiary/aromatic N) is 7. The van der Waals surface area contributed by atoms with Crippen LogP contribution in [0.4, 0.5) is 4.79 Å². The highest BCUT2D eigenvalue weighted by molar-refractivity contribution is 6.25. The van der Waals surface area contributed by atoms with Gasteiger partial charge in [0.1, 0.15) is 18.8 Å². The van der Waals surface area contributed by atoms with Crippen molar-refractivity contribution in [2.24, 2.45) is 10.8 Å². The van der Waals surface area contributed by atoms with Gasteiger partial charge < -0.3 is 62.2 Å². The summed E-state index contributed by atoms with van der Waals surface area (Å²) in [4.78, 5) is 61.8. The summed E-state index contributed by atoms with van der Waals surface area (Å²) >= 11 is 0. The van der Waals surface area contributed by atoms with E-state index in [2.05, 4.69) is 120 Å². The molecule has 8 aromatic carbocycles. The SMILES string of the molecule is O=C(Cc1ccc2ccc3cccc4ccc1c2c34)N1CCC2(CC1)OCC1(CO2)COC2(CCN(C(=O)Cn3cc(COC(=O)N4CCC5(CC4)OCC4(COC6(CCN(C(=O)Cc7ccc8ccc9cccc%10ccc7c8c9%10)CC6)OC4)CO5)nn3)CC2)OC1. The summed E-state index contributed by atoms with van der Waals surface area (Å²) in [5, 5.41) is 22.8. The molecule has 8 aliphatic rings. The number of aromatic nitrogens is 3. The summed E-state index contributed by atoms with van der Waals surface area (Å²) < 4.78 is 59.3. The van der Waals surface area contributed by atoms with Crippen LogP contribution >= 0.6 is 0 Å². The van der Waals surface area contributed by atoms with Crippen LogP contribution in [0.15, 0.2) is 115 Å². The van der Waals surface area contributed by atoms with Crippen LogP contribution in [0.5, 0.6) is 0 Å². The van der Waals surface area contributed by atoms with E-state index in [1.54, 1.807) is 16.0 Å². The molecular formula is C72H75N7O13. The van der Waals surface area contributed by atoms with E-state index in [1.165, 1.54) is 58.5 Å². The van der Waals surface area contributed by atoms with Gasteiger partial charge in [-0.1, -0.05) is 114 Å². The molecule has 9 heterocycles. The standard InChI is InChI=1S/C72H75N7O13/c80-59(35-54-13-11-52-9-7-48-3-1-5-50-15-17-57(54)64(52)62(48)50)75-27-19-69(20-28-75)85-40-67(41-86-69)44-89-71(90-45-67)23-31-77(32-24-71)61(82)38-79-37-56(73-74-79)39-84-66(83)78-33-25-72(26-34-78)91-46-68(47-92-72)42-87-70(88-43-68)21-29-76(30-22-70)60(81)36-55-14-12-53-10-8-49-4-2-6-51-16-18-58(55)65(53)63(49)51/h1-18,37H,19-36,38-47H2. The van der Waals surface area contributed by atoms with Crippen LogP contribution in [0.3, 0.4) is 0 Å². The minimum atomic E-state index is -0.812. The maximum atomic E-state index is 13.8. The van der Waals surface area contributed by atoms with E-state index < -0.39 is 40.1 Å². The van der Waals surface area contributed by atoms with Crippen LogP contribution in [0.25, 0.3) is 64.6 Å². The molecule has 20 nitrogen and oxygen atoms in total. The molecule has 0 unspecified atom stereocenters. The number of likely N-dealkylation sites (tertiary alicyclic amines) is 4. The summed E-state index contributed by atoms with van der Waals surface area (Å²) in [7, 11) is 0. The molecule has 6 spiro atoms. The Morgan fingerprint density at radius 1 is 0.391 bits per heavy atom. The van der Waals surface area contributed by atoms with Crippen molar-refractivity contribution in [3.63, 3.8) is 0 Å². The lowest BCUT2D eigenvalue weighted by atomic mass is 9.87. The molecular weight excluding hydrogens is 1170 g/mol. The second kappa shape index (κ2) is 22.5. The van der Waals surface area contributed by atoms with Gasteiger partial charge in [-0.2, -0.15) is 0 Å². The normalized spacial score (nSPS) is 22.6. The predicted molar refractivity (Wildman–Crippen MR) is 340 cm³/mol. The molecule has 17 rings (SSSR count). The van der Waals surface area contributed by atoms with Gasteiger partial charge in [0, 0.05) is 104 Å². The van der Waals surface area contributed by atoms with Gasteiger partial charge in [0.15, 0.2) is 23.1 Å². The van der Waals surface area contributed by atoms with Crippen molar-refractivity contribution in [1.29, 1.82) is 0 Å². The Hall–Kier alpha value is -7.66. The van der Waals surface area contributed by atoms with Gasteiger partial charge in [-0.15, -0.1) is 5.10 Å². The number of amides is 4. The number of hydrogen-bond donors (Lipinski definition) is 0. The van der Waals surface area contributed by atoms with Gasteiger partial charge in [0.2, 0.25) is 17.7 Å². The monoisotopic (exact) mass is 1250 g/mol. The molecule has 20 heteroatoms. The number of piperidine rings is 4. The Kier molecular flexibility index (Phi) is 14.3. The summed E-state index contributed by atoms with van der Waals surface area (Å²) in [5.74, 6) is -2.97. The van der Waals surface area contributed by atoms with E-state index >= 15 is 0 Å². The fraction of sp³-hybridized carbons (Fsp3) is 0.472. The van der Waals surface area contributed by atoms with E-state index in [-0.39, 0.29) is 30.9 Å². The van der Waals surface area contributed by atoms with Crippen LogP contribution < -0.4 is 0 Å². The number of ether oxygens (including phenoxy) is 9. The highest BCUT2D eigenvalue weighted by atomic mass is 16.7. The Morgan fingerprint density at radius 3 is 1.10 bits per heavy atom. The average Bonchev–Trinajstić information content (AvgIpc) is 0.816. The first-order valence-electron chi connectivity index (χ1n) is 32.9. The fourth-order valence-corrected chi connectivity index (χ4v) is 15.8. The third-order valence-corrected chi connectivity index (χ3v) is 21.7. The van der Waals surface area contributed by atoms with E-state index in [0.29, 0.717) is 175 Å². The van der Waals surface area contributed by atoms with Gasteiger partial charge in [-0.25, -0.2) is 9.48 Å². The minimum absolute atomic E-state index is 0.0103. The molecule has 476 valence electrons. The van der Waals surface area contributed by atoms with Crippen molar-refractivity contribution in [2.45, 2.75) is 101 Å². The highest BCUT2D eigenvalue weighted by Crippen LogP contribution is 2.46. The zero-order valence-corrected chi connectivity index (χ0v) is 51.7. The van der Waals surface area contributed by atoms with Crippen LogP contribution in [0, 0.1) is 10.8 Å². The molecule has 92 heavy (non-hydrogen) atoms. The first-order chi connectivity index (χ1) is 44.8. The summed E-state index contributed by atoms with van der Waals surface area (Å²) in [6.07, 6.45) is 6.24. The van der Waals surface area contributed by atoms with Gasteiger partial charge in [-0.3, -0.25) is 14.4 Å². The Balaban J connectivity index is 0.413. The van der Waals surface area contributed by atoms with Crippen LogP contribution in [0.1, 0.15) is 68.2 Å². The highest BCUT2D eigenvalue weighted by Gasteiger charge is 2.55. The first-order valence-corrected chi connectivity index (χ1v) is 32.9. The molecule has 0 bridgehead atoms. The smallest absolute Gasteiger partial charge is 0.410 e. The molecule has 0 radical (unpaired) electrons. The second-order valence-corrected chi connectivity index (χ2v) is 27.6. The molecule has 0 atom stereocenters. The molecule has 4 amide bonds. The molecule has 8 saturated heterocycles. The number of carbonyl (C=O) groups is 4. The molecule has 0 N–H and O–H groups in total. The largest absolute Gasteiger partial charge is 0.443 e. The Labute approximate surface area is 531 Å². The summed E-state index contributed by atoms with van der Waals surface area (Å²) in [5.41, 5.74) is 1.63. The second-order valence-electron chi connectivity index (χ2n) is 27.6. The van der Waals surface area contributed by atoms with E-state index in [9.17, 15) is 19.2 Å². The van der Waals surface area contributed by atoms with Crippen molar-refractivity contribution in [3.8, 4) is 0 Å². The van der Waals surface area contributed by atoms with Gasteiger partial charge >= 0.3 is 6.09 Å². The van der Waals surface area contributed by atoms with Gasteiger partial charge in [0.05, 0.1) is 82.7 Å². The zero-order chi connectivity index (χ0) is 61.9. The topological polar surface area (TPSA) is 195 Å². The number of benzene rings is 8. The molecule has 0 aliphatic carbocycles. The number of carbonyl (C=O) groups excluding carboxylic acids is 4. The summed E-state index contributed by atoms with van der Waals surface area (Å²) in [6, 6.07) is 38.6. The van der Waals surface area contributed by atoms with Crippen LogP contribution in [-0.4, -0.2) is 187 Å². The maximum Gasteiger partial charge on any atom is 0.410 e. The van der Waals surface area contributed by atoms with Gasteiger partial charge in [0.25, 0.3) is 0 Å². The first kappa shape index (κ1) is 58.2. The van der Waals surface area contributed by atoms with Crippen molar-refractivity contribution in [1.82, 2.24) is 34.6 Å². The van der Waals surface area contributed by atoms with Crippen LogP contribution in [0.2, 0.25) is 0 Å². The fourth-order valence-electron chi connectivity index (χ4n) is 15.8. The van der Waals surface area contributed by atoms with Crippen molar-refractivity contribution in [3.05, 3.63) is 132 Å². The quantitative estimate of drug-likeness (QED) is 0.131. The third-order valence-electron chi connectivity index (χ3n) is 21.7. The lowest BCUT2D eigenvalue weighted by molar-refractivity contribution is -0.377. The van der Waals surface area contributed by atoms with Crippen molar-refractivity contribution in [2.75, 3.05) is 105 Å². The average molecular weight is 1250 g/mol. The van der Waals surface area contributed by atoms with E-state index in [4.69, 9.17) is 42.6 Å². The van der Waals surface area contributed by atoms with Crippen molar-refractivity contribution >= 4 is 88.4 Å². The minimum Gasteiger partial charge on any atom is -0.443 e. The molecule has 9 aromatic rings. The van der Waals surface area contributed by atoms with E-state index in [1.807, 2.05) is 9.80 Å². The summed E-state index contributed by atoms with van der Waals surface area (Å²) in [6.45, 7) is 7.22. The lowest BCUT2D eigenvalue weighted by Crippen LogP contribution is -2.62. The maximum absolute atomic E-state index is 13.8. The number of hydrogen-bond acceptors (Lipinski definition) is 15. The van der Waals surface area contributed by atoms with Crippen LogP contribution in [-0.2, 0) is 83.0 Å². The molecule has 0 saturated carbocycles. The molecule has 8 fully saturated rings. The Morgan fingerprint density at radius 2 is 0.717 bits per heavy atom. The number of rotatable bonds is 8. The van der Waals surface area contributed by atoms with Crippen molar-refractivity contribution < 1.29 is 61.8 Å².